The lowest BCUT2D eigenvalue weighted by Gasteiger charge is -2.44. The van der Waals surface area contributed by atoms with E-state index in [2.05, 4.69) is 16.7 Å². The number of amides is 1. The predicted octanol–water partition coefficient (Wildman–Crippen LogP) is 1.38. The number of rotatable bonds is 2. The Kier molecular flexibility index (Phi) is 4.34. The second kappa shape index (κ2) is 6.02. The average molecular weight is 284 g/mol. The molecule has 19 heavy (non-hydrogen) atoms. The molecule has 2 heterocycles. The number of carbonyl (C=O) groups is 1. The first-order valence-corrected chi connectivity index (χ1v) is 8.62. The van der Waals surface area contributed by atoms with Gasteiger partial charge in [-0.05, 0) is 25.7 Å². The Morgan fingerprint density at radius 1 is 1.26 bits per heavy atom. The monoisotopic (exact) mass is 284 g/mol. The number of nitrogens with two attached hydrogens (primary N) is 1. The van der Waals surface area contributed by atoms with Gasteiger partial charge in [-0.3, -0.25) is 4.79 Å². The third-order valence-electron chi connectivity index (χ3n) is 4.66. The highest BCUT2D eigenvalue weighted by Crippen LogP contribution is 2.36. The Bertz CT molecular complexity index is 337. The second-order valence-electron chi connectivity index (χ2n) is 5.85. The molecule has 2 aliphatic heterocycles. The molecule has 0 bridgehead atoms. The van der Waals surface area contributed by atoms with Crippen LogP contribution in [0.25, 0.3) is 0 Å². The summed E-state index contributed by atoms with van der Waals surface area (Å²) in [7, 11) is 0. The highest BCUT2D eigenvalue weighted by molar-refractivity contribution is 8.00. The second-order valence-corrected chi connectivity index (χ2v) is 7.20. The Hall–Kier alpha value is -0.260. The zero-order valence-electron chi connectivity index (χ0n) is 11.4. The molecule has 2 unspecified atom stereocenters. The lowest BCUT2D eigenvalue weighted by Crippen LogP contribution is -2.54. The molecule has 1 aliphatic carbocycles. The van der Waals surface area contributed by atoms with E-state index in [1.165, 1.54) is 25.7 Å². The summed E-state index contributed by atoms with van der Waals surface area (Å²) >= 11 is 2.06. The predicted molar refractivity (Wildman–Crippen MR) is 77.2 cm³/mol. The van der Waals surface area contributed by atoms with Gasteiger partial charge in [0.1, 0.15) is 6.10 Å². The summed E-state index contributed by atoms with van der Waals surface area (Å²) in [6.07, 6.45) is 6.69. The van der Waals surface area contributed by atoms with Crippen molar-refractivity contribution in [2.75, 3.05) is 18.8 Å². The van der Waals surface area contributed by atoms with Crippen LogP contribution in [-0.4, -0.2) is 53.1 Å². The fourth-order valence-corrected chi connectivity index (χ4v) is 5.06. The molecule has 4 atom stereocenters. The van der Waals surface area contributed by atoms with E-state index in [0.717, 1.165) is 25.1 Å². The summed E-state index contributed by atoms with van der Waals surface area (Å²) < 4.78 is 5.78. The Labute approximate surface area is 119 Å². The average Bonchev–Trinajstić information content (AvgIpc) is 2.95. The van der Waals surface area contributed by atoms with Crippen molar-refractivity contribution < 1.29 is 9.53 Å². The SMILES string of the molecule is NC[C@H]1CC[C@@H](C(=O)N2CCSC3CCCCC32)O1. The first kappa shape index (κ1) is 13.7. The van der Waals surface area contributed by atoms with Crippen LogP contribution in [0.1, 0.15) is 38.5 Å². The van der Waals surface area contributed by atoms with Gasteiger partial charge in [-0.1, -0.05) is 12.8 Å². The van der Waals surface area contributed by atoms with E-state index in [0.29, 0.717) is 17.8 Å². The number of hydrogen-bond donors (Lipinski definition) is 1. The van der Waals surface area contributed by atoms with Crippen molar-refractivity contribution in [3.05, 3.63) is 0 Å². The van der Waals surface area contributed by atoms with E-state index in [-0.39, 0.29) is 18.1 Å². The van der Waals surface area contributed by atoms with E-state index in [1.54, 1.807) is 0 Å². The van der Waals surface area contributed by atoms with Gasteiger partial charge in [-0.25, -0.2) is 0 Å². The maximum absolute atomic E-state index is 12.7. The molecule has 5 heteroatoms. The molecule has 4 nitrogen and oxygen atoms in total. The third kappa shape index (κ3) is 2.78. The number of fused-ring (bicyclic) bond motifs is 1. The van der Waals surface area contributed by atoms with Gasteiger partial charge in [0.05, 0.1) is 6.10 Å². The first-order chi connectivity index (χ1) is 9.29. The van der Waals surface area contributed by atoms with Crippen molar-refractivity contribution in [2.24, 2.45) is 5.73 Å². The molecule has 2 saturated heterocycles. The number of thioether (sulfide) groups is 1. The van der Waals surface area contributed by atoms with Crippen molar-refractivity contribution in [1.29, 1.82) is 0 Å². The standard InChI is InChI=1S/C14H24N2O2S/c15-9-10-5-6-12(18-10)14(17)16-7-8-19-13-4-2-1-3-11(13)16/h10-13H,1-9,15H2/t10-,11?,12+,13?/m1/s1. The number of carbonyl (C=O) groups excluding carboxylic acids is 1. The number of nitrogens with zero attached hydrogens (tertiary/aromatic N) is 1. The summed E-state index contributed by atoms with van der Waals surface area (Å²) in [5, 5.41) is 0.665. The lowest BCUT2D eigenvalue weighted by molar-refractivity contribution is -0.145. The maximum atomic E-state index is 12.7. The normalized spacial score (nSPS) is 39.1. The summed E-state index contributed by atoms with van der Waals surface area (Å²) in [6.45, 7) is 1.43. The van der Waals surface area contributed by atoms with E-state index in [4.69, 9.17) is 10.5 Å². The molecule has 0 aromatic heterocycles. The van der Waals surface area contributed by atoms with Crippen LogP contribution in [0, 0.1) is 0 Å². The van der Waals surface area contributed by atoms with E-state index >= 15 is 0 Å². The highest BCUT2D eigenvalue weighted by atomic mass is 32.2. The minimum Gasteiger partial charge on any atom is -0.364 e. The molecule has 3 aliphatic rings. The van der Waals surface area contributed by atoms with Crippen LogP contribution >= 0.6 is 11.8 Å². The molecule has 0 aromatic rings. The Balaban J connectivity index is 1.65. The molecule has 0 aromatic carbocycles. The summed E-state index contributed by atoms with van der Waals surface area (Å²) in [5.41, 5.74) is 5.63. The number of ether oxygens (including phenoxy) is 1. The van der Waals surface area contributed by atoms with Gasteiger partial charge in [0.2, 0.25) is 0 Å². The van der Waals surface area contributed by atoms with Crippen LogP contribution in [0.4, 0.5) is 0 Å². The van der Waals surface area contributed by atoms with E-state index in [9.17, 15) is 4.79 Å². The fraction of sp³-hybridized carbons (Fsp3) is 0.929. The molecular weight excluding hydrogens is 260 g/mol. The van der Waals surface area contributed by atoms with E-state index in [1.807, 2.05) is 0 Å². The van der Waals surface area contributed by atoms with Crippen LogP contribution in [0.15, 0.2) is 0 Å². The third-order valence-corrected chi connectivity index (χ3v) is 6.06. The zero-order chi connectivity index (χ0) is 13.2. The fourth-order valence-electron chi connectivity index (χ4n) is 3.62. The van der Waals surface area contributed by atoms with Crippen LogP contribution in [0.5, 0.6) is 0 Å². The van der Waals surface area contributed by atoms with Gasteiger partial charge in [-0.15, -0.1) is 0 Å². The highest BCUT2D eigenvalue weighted by Gasteiger charge is 2.40. The Morgan fingerprint density at radius 2 is 2.11 bits per heavy atom. The van der Waals surface area contributed by atoms with Crippen molar-refractivity contribution in [2.45, 2.75) is 62.0 Å². The molecule has 0 radical (unpaired) electrons. The van der Waals surface area contributed by atoms with Crippen LogP contribution in [0.2, 0.25) is 0 Å². The smallest absolute Gasteiger partial charge is 0.252 e. The molecule has 1 saturated carbocycles. The van der Waals surface area contributed by atoms with Gasteiger partial charge in [0.25, 0.3) is 5.91 Å². The molecule has 108 valence electrons. The first-order valence-electron chi connectivity index (χ1n) is 7.57. The molecule has 2 N–H and O–H groups in total. The van der Waals surface area contributed by atoms with Crippen molar-refractivity contribution in [1.82, 2.24) is 4.90 Å². The van der Waals surface area contributed by atoms with Gasteiger partial charge in [0.15, 0.2) is 0 Å². The molecular formula is C14H24N2O2S. The summed E-state index contributed by atoms with van der Waals surface area (Å²) in [4.78, 5) is 14.8. The Morgan fingerprint density at radius 3 is 2.89 bits per heavy atom. The molecule has 0 spiro atoms. The van der Waals surface area contributed by atoms with Crippen LogP contribution < -0.4 is 5.73 Å². The van der Waals surface area contributed by atoms with Gasteiger partial charge >= 0.3 is 0 Å². The van der Waals surface area contributed by atoms with Gasteiger partial charge in [-0.2, -0.15) is 11.8 Å². The molecule has 3 rings (SSSR count). The summed E-state index contributed by atoms with van der Waals surface area (Å²) in [6, 6.07) is 0.459. The topological polar surface area (TPSA) is 55.6 Å². The lowest BCUT2D eigenvalue weighted by atomic mass is 9.93. The molecule has 3 fully saturated rings. The van der Waals surface area contributed by atoms with Crippen molar-refractivity contribution >= 4 is 17.7 Å². The quantitative estimate of drug-likeness (QED) is 0.832. The minimum absolute atomic E-state index is 0.0928. The number of hydrogen-bond acceptors (Lipinski definition) is 4. The van der Waals surface area contributed by atoms with Crippen molar-refractivity contribution in [3.8, 4) is 0 Å². The van der Waals surface area contributed by atoms with Gasteiger partial charge in [0, 0.05) is 30.1 Å². The zero-order valence-corrected chi connectivity index (χ0v) is 12.2. The largest absolute Gasteiger partial charge is 0.364 e. The molecule has 1 amide bonds. The summed E-state index contributed by atoms with van der Waals surface area (Å²) in [5.74, 6) is 1.31. The van der Waals surface area contributed by atoms with Crippen molar-refractivity contribution in [3.63, 3.8) is 0 Å². The van der Waals surface area contributed by atoms with E-state index < -0.39 is 0 Å². The van der Waals surface area contributed by atoms with Crippen LogP contribution in [0.3, 0.4) is 0 Å². The maximum Gasteiger partial charge on any atom is 0.252 e. The minimum atomic E-state index is -0.223. The van der Waals surface area contributed by atoms with Crippen LogP contribution in [-0.2, 0) is 9.53 Å². The van der Waals surface area contributed by atoms with Gasteiger partial charge < -0.3 is 15.4 Å².